The maximum atomic E-state index is 13.1. The number of hydrogen-bond acceptors (Lipinski definition) is 3. The van der Waals surface area contributed by atoms with Crippen molar-refractivity contribution >= 4 is 23.2 Å². The average molecular weight is 366 g/mol. The van der Waals surface area contributed by atoms with E-state index in [1.165, 1.54) is 0 Å². The fourth-order valence-corrected chi connectivity index (χ4v) is 3.46. The van der Waals surface area contributed by atoms with Gasteiger partial charge in [-0.3, -0.25) is 14.5 Å². The quantitative estimate of drug-likeness (QED) is 0.872. The van der Waals surface area contributed by atoms with E-state index in [4.69, 9.17) is 4.74 Å². The zero-order chi connectivity index (χ0) is 19.6. The maximum absolute atomic E-state index is 13.1. The number of nitrogens with zero attached hydrogens (tertiary/aromatic N) is 1. The van der Waals surface area contributed by atoms with Crippen molar-refractivity contribution in [3.05, 3.63) is 53.6 Å². The van der Waals surface area contributed by atoms with Crippen LogP contribution in [-0.2, 0) is 22.4 Å². The molecule has 5 nitrogen and oxygen atoms in total. The van der Waals surface area contributed by atoms with Crippen molar-refractivity contribution in [1.82, 2.24) is 0 Å². The number of fused-ring (bicyclic) bond motifs is 1. The minimum absolute atomic E-state index is 0.206. The molecule has 1 aliphatic rings. The summed E-state index contributed by atoms with van der Waals surface area (Å²) < 4.78 is 5.67. The highest BCUT2D eigenvalue weighted by Crippen LogP contribution is 2.35. The summed E-state index contributed by atoms with van der Waals surface area (Å²) >= 11 is 0. The zero-order valence-electron chi connectivity index (χ0n) is 16.3. The van der Waals surface area contributed by atoms with Crippen LogP contribution < -0.4 is 15.0 Å². The van der Waals surface area contributed by atoms with E-state index in [2.05, 4.69) is 19.2 Å². The Hall–Kier alpha value is -2.82. The van der Waals surface area contributed by atoms with Crippen LogP contribution in [0, 0.1) is 0 Å². The highest BCUT2D eigenvalue weighted by Gasteiger charge is 2.37. The van der Waals surface area contributed by atoms with Gasteiger partial charge in [-0.2, -0.15) is 0 Å². The fraction of sp³-hybridized carbons (Fsp3) is 0.364. The smallest absolute Gasteiger partial charge is 0.268 e. The van der Waals surface area contributed by atoms with Crippen LogP contribution in [0.3, 0.4) is 0 Å². The van der Waals surface area contributed by atoms with Crippen molar-refractivity contribution in [3.63, 3.8) is 0 Å². The highest BCUT2D eigenvalue weighted by molar-refractivity contribution is 6.08. The lowest BCUT2D eigenvalue weighted by molar-refractivity contribution is -0.128. The first kappa shape index (κ1) is 19.0. The fourth-order valence-electron chi connectivity index (χ4n) is 3.46. The lowest BCUT2D eigenvalue weighted by atomic mass is 10.0. The Morgan fingerprint density at radius 1 is 1.11 bits per heavy atom. The molecule has 27 heavy (non-hydrogen) atoms. The molecule has 0 saturated carbocycles. The van der Waals surface area contributed by atoms with Gasteiger partial charge in [-0.15, -0.1) is 0 Å². The number of carbonyl (C=O) groups is 2. The van der Waals surface area contributed by atoms with E-state index in [1.54, 1.807) is 24.8 Å². The number of amides is 2. The molecule has 142 valence electrons. The molecule has 2 aromatic carbocycles. The summed E-state index contributed by atoms with van der Waals surface area (Å²) in [5, 5.41) is 3.07. The van der Waals surface area contributed by atoms with Gasteiger partial charge in [0.2, 0.25) is 5.91 Å². The summed E-state index contributed by atoms with van der Waals surface area (Å²) in [6, 6.07) is 12.7. The van der Waals surface area contributed by atoms with Crippen molar-refractivity contribution in [3.8, 4) is 5.75 Å². The molecule has 2 aromatic rings. The van der Waals surface area contributed by atoms with Crippen LogP contribution >= 0.6 is 0 Å². The van der Waals surface area contributed by atoms with Crippen LogP contribution in [0.4, 0.5) is 11.4 Å². The van der Waals surface area contributed by atoms with Crippen LogP contribution in [0.1, 0.15) is 38.8 Å². The lowest BCUT2D eigenvalue weighted by Gasteiger charge is -2.36. The number of ether oxygens (including phenoxy) is 1. The van der Waals surface area contributed by atoms with E-state index in [0.717, 1.165) is 29.7 Å². The molecule has 0 fully saturated rings. The number of aryl methyl sites for hydroxylation is 2. The van der Waals surface area contributed by atoms with Gasteiger partial charge >= 0.3 is 0 Å². The molecule has 1 N–H and O–H groups in total. The van der Waals surface area contributed by atoms with Gasteiger partial charge in [-0.25, -0.2) is 0 Å². The number of carbonyl (C=O) groups excluding carboxylic acids is 2. The molecule has 1 aliphatic heterocycles. The topological polar surface area (TPSA) is 58.6 Å². The van der Waals surface area contributed by atoms with Crippen molar-refractivity contribution in [2.24, 2.45) is 0 Å². The first-order chi connectivity index (χ1) is 13.0. The van der Waals surface area contributed by atoms with Gasteiger partial charge < -0.3 is 10.1 Å². The molecule has 2 amide bonds. The summed E-state index contributed by atoms with van der Waals surface area (Å²) in [5.74, 6) is 0.200. The Bertz CT molecular complexity index is 840. The number of benzene rings is 2. The lowest BCUT2D eigenvalue weighted by Crippen LogP contribution is -2.52. The second-order valence-electron chi connectivity index (χ2n) is 6.76. The molecule has 0 aliphatic carbocycles. The predicted octanol–water partition coefficient (Wildman–Crippen LogP) is 3.95. The van der Waals surface area contributed by atoms with Gasteiger partial charge in [-0.1, -0.05) is 44.2 Å². The van der Waals surface area contributed by atoms with Crippen LogP contribution in [0.25, 0.3) is 0 Å². The molecule has 0 aromatic heterocycles. The van der Waals surface area contributed by atoms with Crippen LogP contribution in [0.5, 0.6) is 5.75 Å². The van der Waals surface area contributed by atoms with Gasteiger partial charge in [0.25, 0.3) is 5.91 Å². The molecule has 3 rings (SSSR count). The van der Waals surface area contributed by atoms with Gasteiger partial charge in [0.15, 0.2) is 6.10 Å². The van der Waals surface area contributed by atoms with E-state index in [-0.39, 0.29) is 11.8 Å². The Morgan fingerprint density at radius 2 is 1.74 bits per heavy atom. The Labute approximate surface area is 160 Å². The van der Waals surface area contributed by atoms with Crippen LogP contribution in [0.2, 0.25) is 0 Å². The normalized spacial score (nSPS) is 17.1. The van der Waals surface area contributed by atoms with Crippen molar-refractivity contribution in [2.45, 2.75) is 52.7 Å². The van der Waals surface area contributed by atoms with Crippen LogP contribution in [-0.4, -0.2) is 24.0 Å². The molecule has 2 atom stereocenters. The Balaban J connectivity index is 1.92. The van der Waals surface area contributed by atoms with E-state index < -0.39 is 12.1 Å². The van der Waals surface area contributed by atoms with Crippen molar-refractivity contribution in [1.29, 1.82) is 0 Å². The predicted molar refractivity (Wildman–Crippen MR) is 107 cm³/mol. The molecule has 0 bridgehead atoms. The van der Waals surface area contributed by atoms with E-state index >= 15 is 0 Å². The number of anilines is 2. The third-order valence-electron chi connectivity index (χ3n) is 5.03. The minimum Gasteiger partial charge on any atom is -0.479 e. The molecule has 2 unspecified atom stereocenters. The van der Waals surface area contributed by atoms with Gasteiger partial charge in [0.1, 0.15) is 11.8 Å². The van der Waals surface area contributed by atoms with Gasteiger partial charge in [0, 0.05) is 5.69 Å². The summed E-state index contributed by atoms with van der Waals surface area (Å²) in [7, 11) is 0. The van der Waals surface area contributed by atoms with Gasteiger partial charge in [0.05, 0.1) is 5.69 Å². The monoisotopic (exact) mass is 366 g/mol. The summed E-state index contributed by atoms with van der Waals surface area (Å²) in [6.45, 7) is 7.59. The SMILES string of the molecule is CCc1cccc(CC)c1NC(=O)C(C)N1C(=O)C(C)Oc2ccccc21. The van der Waals surface area contributed by atoms with E-state index in [0.29, 0.717) is 11.4 Å². The number of nitrogens with one attached hydrogen (secondary N) is 1. The van der Waals surface area contributed by atoms with E-state index in [1.807, 2.05) is 36.4 Å². The molecule has 0 radical (unpaired) electrons. The van der Waals surface area contributed by atoms with Crippen molar-refractivity contribution < 1.29 is 14.3 Å². The largest absolute Gasteiger partial charge is 0.479 e. The van der Waals surface area contributed by atoms with Crippen molar-refractivity contribution in [2.75, 3.05) is 10.2 Å². The number of para-hydroxylation sites is 3. The first-order valence-corrected chi connectivity index (χ1v) is 9.48. The summed E-state index contributed by atoms with van der Waals surface area (Å²) in [6.07, 6.45) is 1.03. The molecule has 5 heteroatoms. The minimum atomic E-state index is -0.653. The number of rotatable bonds is 5. The second kappa shape index (κ2) is 7.82. The molecular weight excluding hydrogens is 340 g/mol. The maximum Gasteiger partial charge on any atom is 0.268 e. The highest BCUT2D eigenvalue weighted by atomic mass is 16.5. The third kappa shape index (κ3) is 3.54. The Morgan fingerprint density at radius 3 is 2.37 bits per heavy atom. The number of hydrogen-bond donors (Lipinski definition) is 1. The zero-order valence-corrected chi connectivity index (χ0v) is 16.3. The Kier molecular flexibility index (Phi) is 5.49. The summed E-state index contributed by atoms with van der Waals surface area (Å²) in [4.78, 5) is 27.4. The molecule has 1 heterocycles. The second-order valence-corrected chi connectivity index (χ2v) is 6.76. The molecular formula is C22H26N2O3. The van der Waals surface area contributed by atoms with Crippen LogP contribution in [0.15, 0.2) is 42.5 Å². The molecule has 0 saturated heterocycles. The molecule has 0 spiro atoms. The standard InChI is InChI=1S/C22H26N2O3/c1-5-16-10-9-11-17(6-2)20(16)23-21(25)14(3)24-18-12-7-8-13-19(18)27-15(4)22(24)26/h7-15H,5-6H2,1-4H3,(H,23,25). The van der Waals surface area contributed by atoms with E-state index in [9.17, 15) is 9.59 Å². The average Bonchev–Trinajstić information content (AvgIpc) is 2.68. The summed E-state index contributed by atoms with van der Waals surface area (Å²) in [5.41, 5.74) is 3.68. The van der Waals surface area contributed by atoms with Gasteiger partial charge in [-0.05, 0) is 49.9 Å². The third-order valence-corrected chi connectivity index (χ3v) is 5.03. The first-order valence-electron chi connectivity index (χ1n) is 9.48.